The van der Waals surface area contributed by atoms with Crippen molar-refractivity contribution in [2.75, 3.05) is 6.26 Å². The molecule has 4 nitrogen and oxygen atoms in total. The minimum absolute atomic E-state index is 0.517. The Balaban J connectivity index is 3.24. The first-order chi connectivity index (χ1) is 8.12. The molecule has 17 heavy (non-hydrogen) atoms. The maximum atomic E-state index is 8.96. The van der Waals surface area contributed by atoms with Crippen LogP contribution in [0.3, 0.4) is 0 Å². The number of aryl methyl sites for hydroxylation is 2. The topological polar surface area (TPSA) is 72.0 Å². The van der Waals surface area contributed by atoms with Gasteiger partial charge in [0.15, 0.2) is 11.4 Å². The predicted octanol–water partition coefficient (Wildman–Crippen LogP) is 2.60. The van der Waals surface area contributed by atoms with E-state index in [2.05, 4.69) is 16.4 Å². The first-order valence-corrected chi connectivity index (χ1v) is 6.14. The fourth-order valence-corrected chi connectivity index (χ4v) is 1.70. The first-order valence-electron chi connectivity index (χ1n) is 4.91. The van der Waals surface area contributed by atoms with Gasteiger partial charge in [-0.15, -0.1) is 0 Å². The monoisotopic (exact) mass is 244 g/mol. The lowest BCUT2D eigenvalue weighted by Crippen LogP contribution is -2.12. The number of hydrogen-bond donors (Lipinski definition) is 1. The molecule has 0 fully saturated rings. The van der Waals surface area contributed by atoms with Crippen LogP contribution in [0.2, 0.25) is 0 Å². The fourth-order valence-electron chi connectivity index (χ4n) is 1.36. The van der Waals surface area contributed by atoms with Gasteiger partial charge in [-0.2, -0.15) is 10.5 Å². The maximum Gasteiger partial charge on any atom is 0.183 e. The Morgan fingerprint density at radius 3 is 2.53 bits per heavy atom. The lowest BCUT2D eigenvalue weighted by Gasteiger charge is -2.05. The van der Waals surface area contributed by atoms with Gasteiger partial charge in [0.05, 0.1) is 17.3 Å². The molecular weight excluding hydrogens is 232 g/mol. The number of hydrogen-bond acceptors (Lipinski definition) is 4. The summed E-state index contributed by atoms with van der Waals surface area (Å²) in [5, 5.41) is 20.5. The second-order valence-corrected chi connectivity index (χ2v) is 4.22. The summed E-state index contributed by atoms with van der Waals surface area (Å²) in [6.07, 6.45) is 3.66. The third kappa shape index (κ3) is 3.24. The van der Waals surface area contributed by atoms with Crippen LogP contribution in [0.15, 0.2) is 17.1 Å². The Morgan fingerprint density at radius 1 is 1.29 bits per heavy atom. The Morgan fingerprint density at radius 2 is 2.00 bits per heavy atom. The van der Waals surface area contributed by atoms with Crippen molar-refractivity contribution in [3.05, 3.63) is 28.8 Å². The van der Waals surface area contributed by atoms with E-state index in [4.69, 9.17) is 10.5 Å². The standard InChI is InChI=1S/C12H12N4S/c1-8-4-9(2)11(5-10(8)6-13)16-12(17-3)15-7-14/h4-5H,1-3H3,(H,15,16). The molecule has 0 spiro atoms. The number of nitriles is 2. The Labute approximate surface area is 105 Å². The molecule has 1 rings (SSSR count). The van der Waals surface area contributed by atoms with Crippen LogP contribution in [-0.4, -0.2) is 11.4 Å². The first kappa shape index (κ1) is 13.1. The van der Waals surface area contributed by atoms with Crippen LogP contribution in [0.5, 0.6) is 0 Å². The van der Waals surface area contributed by atoms with Gasteiger partial charge in [-0.1, -0.05) is 17.8 Å². The largest absolute Gasteiger partial charge is 0.271 e. The number of nitrogens with one attached hydrogen (secondary N) is 1. The summed E-state index contributed by atoms with van der Waals surface area (Å²) in [6.45, 7) is 3.82. The van der Waals surface area contributed by atoms with Crippen LogP contribution in [0.4, 0.5) is 5.69 Å². The van der Waals surface area contributed by atoms with Gasteiger partial charge in [0.1, 0.15) is 0 Å². The van der Waals surface area contributed by atoms with E-state index in [1.165, 1.54) is 11.8 Å². The number of thioether (sulfide) groups is 1. The van der Waals surface area contributed by atoms with Gasteiger partial charge < -0.3 is 0 Å². The van der Waals surface area contributed by atoms with Crippen LogP contribution in [0.1, 0.15) is 16.7 Å². The number of amidine groups is 1. The molecule has 0 unspecified atom stereocenters. The summed E-state index contributed by atoms with van der Waals surface area (Å²) in [5.74, 6) is 0. The van der Waals surface area contributed by atoms with Crippen molar-refractivity contribution in [1.82, 2.24) is 5.32 Å². The van der Waals surface area contributed by atoms with E-state index in [-0.39, 0.29) is 0 Å². The highest BCUT2D eigenvalue weighted by Gasteiger charge is 2.05. The van der Waals surface area contributed by atoms with Gasteiger partial charge in [0.25, 0.3) is 0 Å². The van der Waals surface area contributed by atoms with Crippen molar-refractivity contribution >= 4 is 22.6 Å². The molecule has 1 N–H and O–H groups in total. The molecule has 0 amide bonds. The highest BCUT2D eigenvalue weighted by Crippen LogP contribution is 2.23. The molecule has 1 aromatic carbocycles. The number of rotatable bonds is 1. The zero-order chi connectivity index (χ0) is 12.8. The predicted molar refractivity (Wildman–Crippen MR) is 70.0 cm³/mol. The van der Waals surface area contributed by atoms with E-state index in [1.807, 2.05) is 32.4 Å². The van der Waals surface area contributed by atoms with Crippen molar-refractivity contribution in [2.45, 2.75) is 13.8 Å². The van der Waals surface area contributed by atoms with E-state index in [1.54, 1.807) is 6.07 Å². The Hall–Kier alpha value is -1.98. The zero-order valence-corrected chi connectivity index (χ0v) is 10.7. The molecule has 0 heterocycles. The van der Waals surface area contributed by atoms with Crippen molar-refractivity contribution in [1.29, 1.82) is 10.5 Å². The van der Waals surface area contributed by atoms with E-state index in [9.17, 15) is 0 Å². The van der Waals surface area contributed by atoms with Crippen molar-refractivity contribution in [2.24, 2.45) is 4.99 Å². The second kappa shape index (κ2) is 5.93. The summed E-state index contributed by atoms with van der Waals surface area (Å²) in [5.41, 5.74) is 3.22. The third-order valence-corrected chi connectivity index (χ3v) is 2.82. The lowest BCUT2D eigenvalue weighted by molar-refractivity contribution is 1.26. The number of aliphatic imine (C=N–C) groups is 1. The Kier molecular flexibility index (Phi) is 4.56. The van der Waals surface area contributed by atoms with E-state index in [0.717, 1.165) is 11.1 Å². The van der Waals surface area contributed by atoms with Gasteiger partial charge in [0.2, 0.25) is 0 Å². The minimum Gasteiger partial charge on any atom is -0.271 e. The number of nitrogens with zero attached hydrogens (tertiary/aromatic N) is 3. The normalized spacial score (nSPS) is 10.5. The van der Waals surface area contributed by atoms with Gasteiger partial charge >= 0.3 is 0 Å². The molecule has 0 bridgehead atoms. The maximum absolute atomic E-state index is 8.96. The highest BCUT2D eigenvalue weighted by molar-refractivity contribution is 8.13. The molecule has 0 radical (unpaired) electrons. The summed E-state index contributed by atoms with van der Waals surface area (Å²) in [6, 6.07) is 5.78. The van der Waals surface area contributed by atoms with Crippen LogP contribution in [0, 0.1) is 36.6 Å². The average molecular weight is 244 g/mol. The van der Waals surface area contributed by atoms with Crippen molar-refractivity contribution in [3.63, 3.8) is 0 Å². The van der Waals surface area contributed by atoms with Gasteiger partial charge in [0, 0.05) is 0 Å². The molecule has 1 aromatic rings. The van der Waals surface area contributed by atoms with Crippen molar-refractivity contribution in [3.8, 4) is 12.3 Å². The van der Waals surface area contributed by atoms with Crippen LogP contribution in [-0.2, 0) is 0 Å². The molecule has 0 aliphatic heterocycles. The fraction of sp³-hybridized carbons (Fsp3) is 0.250. The molecule has 86 valence electrons. The summed E-state index contributed by atoms with van der Waals surface area (Å²) < 4.78 is 0. The van der Waals surface area contributed by atoms with E-state index in [0.29, 0.717) is 16.4 Å². The molecule has 0 aliphatic carbocycles. The van der Waals surface area contributed by atoms with E-state index < -0.39 is 0 Å². The SMILES string of the molecule is CSC(=Nc1cc(C#N)c(C)cc1C)NC#N. The molecule has 0 aliphatic rings. The summed E-state index contributed by atoms with van der Waals surface area (Å²) in [7, 11) is 0. The smallest absolute Gasteiger partial charge is 0.183 e. The van der Waals surface area contributed by atoms with Crippen LogP contribution >= 0.6 is 11.8 Å². The second-order valence-electron chi connectivity index (χ2n) is 3.42. The molecular formula is C12H12N4S. The molecule has 0 saturated heterocycles. The van der Waals surface area contributed by atoms with Crippen LogP contribution < -0.4 is 5.32 Å². The quantitative estimate of drug-likeness (QED) is 0.357. The highest BCUT2D eigenvalue weighted by atomic mass is 32.2. The third-order valence-electron chi connectivity index (χ3n) is 2.24. The Bertz CT molecular complexity index is 535. The summed E-state index contributed by atoms with van der Waals surface area (Å²) >= 11 is 1.35. The molecule has 0 aromatic heterocycles. The molecule has 0 saturated carbocycles. The zero-order valence-electron chi connectivity index (χ0n) is 9.90. The molecule has 5 heteroatoms. The lowest BCUT2D eigenvalue weighted by atomic mass is 10.1. The van der Waals surface area contributed by atoms with Gasteiger partial charge in [-0.3, -0.25) is 5.32 Å². The van der Waals surface area contributed by atoms with E-state index >= 15 is 0 Å². The van der Waals surface area contributed by atoms with Gasteiger partial charge in [-0.25, -0.2) is 4.99 Å². The molecule has 0 atom stereocenters. The van der Waals surface area contributed by atoms with Crippen LogP contribution in [0.25, 0.3) is 0 Å². The summed E-state index contributed by atoms with van der Waals surface area (Å²) in [4.78, 5) is 4.31. The minimum atomic E-state index is 0.517. The average Bonchev–Trinajstić information content (AvgIpc) is 2.31. The number of benzene rings is 1. The van der Waals surface area contributed by atoms with Gasteiger partial charge in [-0.05, 0) is 37.3 Å². The van der Waals surface area contributed by atoms with Crippen molar-refractivity contribution < 1.29 is 0 Å².